The van der Waals surface area contributed by atoms with Crippen LogP contribution in [-0.2, 0) is 0 Å². The van der Waals surface area contributed by atoms with Crippen LogP contribution >= 0.6 is 15.9 Å². The lowest BCUT2D eigenvalue weighted by Crippen LogP contribution is -2.30. The average molecular weight is 224 g/mol. The minimum Gasteiger partial charge on any atom is -0.260 e. The summed E-state index contributed by atoms with van der Waals surface area (Å²) in [5, 5.41) is 5.65. The van der Waals surface area contributed by atoms with Crippen LogP contribution in [0.3, 0.4) is 0 Å². The van der Waals surface area contributed by atoms with Crippen molar-refractivity contribution in [3.05, 3.63) is 0 Å². The predicted molar refractivity (Wildman–Crippen MR) is 45.8 cm³/mol. The fourth-order valence-electron chi connectivity index (χ4n) is 0.837. The zero-order valence-corrected chi connectivity index (χ0v) is 7.96. The van der Waals surface area contributed by atoms with Gasteiger partial charge in [-0.3, -0.25) is 5.01 Å². The van der Waals surface area contributed by atoms with E-state index >= 15 is 0 Å². The van der Waals surface area contributed by atoms with E-state index < -0.39 is 5.08 Å². The first-order chi connectivity index (χ1) is 5.25. The molecule has 1 heterocycles. The molecule has 0 saturated heterocycles. The quantitative estimate of drug-likeness (QED) is 0.414. The van der Waals surface area contributed by atoms with Gasteiger partial charge in [0, 0.05) is 6.54 Å². The first-order valence-corrected chi connectivity index (χ1v) is 4.56. The lowest BCUT2D eigenvalue weighted by Gasteiger charge is -2.19. The Morgan fingerprint density at radius 3 is 2.91 bits per heavy atom. The summed E-state index contributed by atoms with van der Waals surface area (Å²) in [5.74, 6) is 0. The lowest BCUT2D eigenvalue weighted by molar-refractivity contribution is 0.0617. The third kappa shape index (κ3) is 2.05. The van der Waals surface area contributed by atoms with Gasteiger partial charge in [-0.25, -0.2) is 0 Å². The van der Waals surface area contributed by atoms with Crippen LogP contribution in [0.25, 0.3) is 0 Å². The van der Waals surface area contributed by atoms with Crippen molar-refractivity contribution < 1.29 is 4.48 Å². The van der Waals surface area contributed by atoms with E-state index in [9.17, 15) is 4.48 Å². The van der Waals surface area contributed by atoms with E-state index in [0.717, 1.165) is 19.4 Å². The topological polar surface area (TPSA) is 18.8 Å². The van der Waals surface area contributed by atoms with E-state index in [2.05, 4.69) is 28.0 Å². The summed E-state index contributed by atoms with van der Waals surface area (Å²) >= 11 is 3.15. The van der Waals surface area contributed by atoms with Gasteiger partial charge in [0.1, 0.15) is 6.34 Å². The number of rotatable bonds is 3. The number of alkyl halides is 1. The van der Waals surface area contributed by atoms with Crippen molar-refractivity contribution in [3.8, 4) is 0 Å². The molecule has 1 rings (SSSR count). The van der Waals surface area contributed by atoms with Crippen molar-refractivity contribution in [2.45, 2.75) is 24.8 Å². The zero-order valence-electron chi connectivity index (χ0n) is 6.37. The summed E-state index contributed by atoms with van der Waals surface area (Å²) in [5.41, 5.74) is 0. The molecule has 0 aromatic carbocycles. The molecule has 0 N–H and O–H groups in total. The SMILES string of the molecule is CCCCN1N=CN(F)C1Br. The van der Waals surface area contributed by atoms with E-state index in [0.29, 0.717) is 5.12 Å². The first kappa shape index (κ1) is 8.77. The van der Waals surface area contributed by atoms with Crippen LogP contribution < -0.4 is 0 Å². The molecule has 0 aromatic heterocycles. The highest BCUT2D eigenvalue weighted by Gasteiger charge is 2.24. The van der Waals surface area contributed by atoms with E-state index in [-0.39, 0.29) is 0 Å². The molecule has 5 heteroatoms. The van der Waals surface area contributed by atoms with Gasteiger partial charge in [0.2, 0.25) is 5.08 Å². The molecule has 0 bridgehead atoms. The third-order valence-electron chi connectivity index (χ3n) is 1.50. The molecule has 11 heavy (non-hydrogen) atoms. The molecule has 64 valence electrons. The first-order valence-electron chi connectivity index (χ1n) is 3.64. The molecule has 1 aliphatic rings. The largest absolute Gasteiger partial charge is 0.260 e. The highest BCUT2D eigenvalue weighted by atomic mass is 79.9. The maximum atomic E-state index is 12.6. The van der Waals surface area contributed by atoms with Crippen molar-refractivity contribution in [2.24, 2.45) is 5.10 Å². The van der Waals surface area contributed by atoms with Crippen molar-refractivity contribution >= 4 is 22.3 Å². The Labute approximate surface area is 73.9 Å². The summed E-state index contributed by atoms with van der Waals surface area (Å²) in [7, 11) is 0. The van der Waals surface area contributed by atoms with Gasteiger partial charge in [-0.05, 0) is 22.4 Å². The summed E-state index contributed by atoms with van der Waals surface area (Å²) < 4.78 is 12.6. The standard InChI is InChI=1S/C6H11BrFN3/c1-2-3-4-11-6(7)10(8)5-9-11/h5-6H,2-4H2,1H3. The normalized spacial score (nSPS) is 23.4. The Balaban J connectivity index is 2.31. The van der Waals surface area contributed by atoms with Gasteiger partial charge in [0.05, 0.1) is 0 Å². The Bertz CT molecular complexity index is 153. The molecule has 1 aliphatic heterocycles. The molecule has 0 amide bonds. The second kappa shape index (κ2) is 3.90. The van der Waals surface area contributed by atoms with Gasteiger partial charge in [-0.15, -0.1) is 0 Å². The van der Waals surface area contributed by atoms with Gasteiger partial charge >= 0.3 is 0 Å². The van der Waals surface area contributed by atoms with Crippen molar-refractivity contribution in [2.75, 3.05) is 6.54 Å². The second-order valence-electron chi connectivity index (χ2n) is 2.40. The molecule has 3 nitrogen and oxygen atoms in total. The number of hydrogen-bond donors (Lipinski definition) is 0. The molecule has 0 radical (unpaired) electrons. The molecule has 0 saturated carbocycles. The van der Waals surface area contributed by atoms with E-state index in [1.54, 1.807) is 5.01 Å². The molecule has 0 spiro atoms. The van der Waals surface area contributed by atoms with E-state index in [1.165, 1.54) is 6.34 Å². The fourth-order valence-corrected chi connectivity index (χ4v) is 1.25. The van der Waals surface area contributed by atoms with Crippen molar-refractivity contribution in [1.29, 1.82) is 0 Å². The van der Waals surface area contributed by atoms with Crippen LogP contribution in [0.1, 0.15) is 19.8 Å². The number of hydrazone groups is 1. The summed E-state index contributed by atoms with van der Waals surface area (Å²) in [6.45, 7) is 2.89. The summed E-state index contributed by atoms with van der Waals surface area (Å²) in [4.78, 5) is 0. The van der Waals surface area contributed by atoms with Gasteiger partial charge in [-0.2, -0.15) is 10.2 Å². The number of unbranched alkanes of at least 4 members (excludes halogenated alkanes) is 1. The van der Waals surface area contributed by atoms with Gasteiger partial charge < -0.3 is 0 Å². The Kier molecular flexibility index (Phi) is 3.11. The Morgan fingerprint density at radius 1 is 1.73 bits per heavy atom. The molecule has 1 unspecified atom stereocenters. The summed E-state index contributed by atoms with van der Waals surface area (Å²) in [6.07, 6.45) is 3.31. The van der Waals surface area contributed by atoms with E-state index in [1.807, 2.05) is 0 Å². The molecular weight excluding hydrogens is 213 g/mol. The van der Waals surface area contributed by atoms with Crippen LogP contribution in [0, 0.1) is 0 Å². The van der Waals surface area contributed by atoms with E-state index in [4.69, 9.17) is 0 Å². The fraction of sp³-hybridized carbons (Fsp3) is 0.833. The smallest absolute Gasteiger partial charge is 0.204 e. The third-order valence-corrected chi connectivity index (χ3v) is 2.36. The maximum Gasteiger partial charge on any atom is 0.204 e. The molecule has 0 aromatic rings. The van der Waals surface area contributed by atoms with Crippen LogP contribution in [0.2, 0.25) is 0 Å². The lowest BCUT2D eigenvalue weighted by atomic mass is 10.3. The Morgan fingerprint density at radius 2 is 2.45 bits per heavy atom. The highest BCUT2D eigenvalue weighted by Crippen LogP contribution is 2.18. The molecular formula is C6H11BrFN3. The molecule has 1 atom stereocenters. The summed E-state index contributed by atoms with van der Waals surface area (Å²) in [6, 6.07) is 0. The van der Waals surface area contributed by atoms with Crippen molar-refractivity contribution in [1.82, 2.24) is 10.1 Å². The van der Waals surface area contributed by atoms with Gasteiger partial charge in [-0.1, -0.05) is 17.8 Å². The van der Waals surface area contributed by atoms with Crippen LogP contribution in [0.15, 0.2) is 5.10 Å². The molecule has 0 aliphatic carbocycles. The predicted octanol–water partition coefficient (Wildman–Crippen LogP) is 1.91. The second-order valence-corrected chi connectivity index (χ2v) is 3.22. The number of hydrogen-bond acceptors (Lipinski definition) is 3. The van der Waals surface area contributed by atoms with Crippen LogP contribution in [0.4, 0.5) is 4.48 Å². The minimum atomic E-state index is -0.408. The number of halogens is 2. The average Bonchev–Trinajstić information content (AvgIpc) is 2.31. The van der Waals surface area contributed by atoms with Gasteiger partial charge in [0.25, 0.3) is 0 Å². The molecule has 0 fully saturated rings. The van der Waals surface area contributed by atoms with Crippen molar-refractivity contribution in [3.63, 3.8) is 0 Å². The highest BCUT2D eigenvalue weighted by molar-refractivity contribution is 9.09. The zero-order chi connectivity index (χ0) is 8.27. The monoisotopic (exact) mass is 223 g/mol. The minimum absolute atomic E-state index is 0.408. The maximum absolute atomic E-state index is 12.6. The van der Waals surface area contributed by atoms with Crippen LogP contribution in [-0.4, -0.2) is 28.1 Å². The Hall–Kier alpha value is -0.320. The van der Waals surface area contributed by atoms with Gasteiger partial charge in [0.15, 0.2) is 0 Å². The van der Waals surface area contributed by atoms with Crippen LogP contribution in [0.5, 0.6) is 0 Å². The number of nitrogens with zero attached hydrogens (tertiary/aromatic N) is 3.